The van der Waals surface area contributed by atoms with Gasteiger partial charge in [-0.2, -0.15) is 0 Å². The third kappa shape index (κ3) is 1.10. The molecule has 1 aliphatic carbocycles. The number of nitrogens with zero attached hydrogens (tertiary/aromatic N) is 2. The van der Waals surface area contributed by atoms with Crippen LogP contribution in [-0.4, -0.2) is 15.1 Å². The second-order valence-electron chi connectivity index (χ2n) is 4.50. The van der Waals surface area contributed by atoms with Crippen molar-refractivity contribution >= 4 is 0 Å². The Balaban J connectivity index is 1.84. The van der Waals surface area contributed by atoms with Crippen LogP contribution in [0.4, 0.5) is 0 Å². The number of hydrogen-bond donors (Lipinski definition) is 1. The van der Waals surface area contributed by atoms with Crippen LogP contribution in [0.25, 0.3) is 0 Å². The molecule has 70 valence electrons. The lowest BCUT2D eigenvalue weighted by Crippen LogP contribution is -2.37. The molecule has 1 aromatic heterocycles. The molecule has 2 heterocycles. The van der Waals surface area contributed by atoms with Gasteiger partial charge in [-0.25, -0.2) is 4.98 Å². The van der Waals surface area contributed by atoms with Gasteiger partial charge in [0.2, 0.25) is 0 Å². The summed E-state index contributed by atoms with van der Waals surface area (Å²) in [4.78, 5) is 4.16. The Labute approximate surface area is 78.0 Å². The minimum Gasteiger partial charge on any atom is -0.335 e. The van der Waals surface area contributed by atoms with Crippen LogP contribution in [0.3, 0.4) is 0 Å². The van der Waals surface area contributed by atoms with E-state index in [9.17, 15) is 0 Å². The fourth-order valence-electron chi connectivity index (χ4n) is 2.41. The maximum absolute atomic E-state index is 6.22. The SMILES string of the molecule is NC1(C2CCn3cncc3C2)CC1. The quantitative estimate of drug-likeness (QED) is 0.693. The van der Waals surface area contributed by atoms with Crippen molar-refractivity contribution in [3.05, 3.63) is 18.2 Å². The van der Waals surface area contributed by atoms with Crippen LogP contribution in [0.5, 0.6) is 0 Å². The van der Waals surface area contributed by atoms with E-state index in [4.69, 9.17) is 5.73 Å². The summed E-state index contributed by atoms with van der Waals surface area (Å²) in [5.74, 6) is 0.705. The number of nitrogens with two attached hydrogens (primary N) is 1. The summed E-state index contributed by atoms with van der Waals surface area (Å²) in [5, 5.41) is 0. The lowest BCUT2D eigenvalue weighted by Gasteiger charge is -2.28. The molecule has 0 spiro atoms. The second kappa shape index (κ2) is 2.35. The van der Waals surface area contributed by atoms with E-state index in [2.05, 4.69) is 9.55 Å². The maximum Gasteiger partial charge on any atom is 0.0948 e. The molecule has 1 aromatic rings. The summed E-state index contributed by atoms with van der Waals surface area (Å²) in [7, 11) is 0. The van der Waals surface area contributed by atoms with E-state index in [1.807, 2.05) is 12.5 Å². The van der Waals surface area contributed by atoms with Crippen molar-refractivity contribution in [1.29, 1.82) is 0 Å². The van der Waals surface area contributed by atoms with E-state index < -0.39 is 0 Å². The zero-order valence-electron chi connectivity index (χ0n) is 7.74. The standard InChI is InChI=1S/C10H15N3/c11-10(2-3-10)8-1-4-13-7-12-6-9(13)5-8/h6-8H,1-5,11H2. The molecule has 1 fully saturated rings. The first-order valence-electron chi connectivity index (χ1n) is 5.06. The molecule has 3 rings (SSSR count). The van der Waals surface area contributed by atoms with Crippen LogP contribution in [0.2, 0.25) is 0 Å². The predicted molar refractivity (Wildman–Crippen MR) is 50.2 cm³/mol. The Morgan fingerprint density at radius 3 is 3.15 bits per heavy atom. The largest absolute Gasteiger partial charge is 0.335 e. The first kappa shape index (κ1) is 7.56. The van der Waals surface area contributed by atoms with Gasteiger partial charge in [-0.15, -0.1) is 0 Å². The number of aryl methyl sites for hydroxylation is 1. The highest BCUT2D eigenvalue weighted by atomic mass is 15.1. The summed E-state index contributed by atoms with van der Waals surface area (Å²) < 4.78 is 2.25. The number of rotatable bonds is 1. The van der Waals surface area contributed by atoms with Gasteiger partial charge in [0.05, 0.1) is 6.33 Å². The molecule has 0 saturated heterocycles. The van der Waals surface area contributed by atoms with Crippen LogP contribution in [0.1, 0.15) is 25.0 Å². The molecule has 0 amide bonds. The molecule has 1 saturated carbocycles. The van der Waals surface area contributed by atoms with Crippen molar-refractivity contribution in [2.45, 2.75) is 37.8 Å². The fraction of sp³-hybridized carbons (Fsp3) is 0.700. The van der Waals surface area contributed by atoms with Gasteiger partial charge in [0, 0.05) is 24.0 Å². The van der Waals surface area contributed by atoms with Gasteiger partial charge in [-0.1, -0.05) is 0 Å². The van der Waals surface area contributed by atoms with Crippen LogP contribution >= 0.6 is 0 Å². The van der Waals surface area contributed by atoms with Crippen LogP contribution < -0.4 is 5.73 Å². The lowest BCUT2D eigenvalue weighted by atomic mass is 9.87. The number of hydrogen-bond acceptors (Lipinski definition) is 2. The van der Waals surface area contributed by atoms with Gasteiger partial charge >= 0.3 is 0 Å². The zero-order valence-corrected chi connectivity index (χ0v) is 7.74. The summed E-state index contributed by atoms with van der Waals surface area (Å²) in [6.07, 6.45) is 8.74. The van der Waals surface area contributed by atoms with Crippen molar-refractivity contribution in [3.8, 4) is 0 Å². The van der Waals surface area contributed by atoms with Gasteiger partial charge in [0.1, 0.15) is 0 Å². The molecular weight excluding hydrogens is 162 g/mol. The monoisotopic (exact) mass is 177 g/mol. The van der Waals surface area contributed by atoms with Crippen molar-refractivity contribution in [2.24, 2.45) is 11.7 Å². The van der Waals surface area contributed by atoms with Gasteiger partial charge in [-0.05, 0) is 31.6 Å². The first-order chi connectivity index (χ1) is 6.28. The van der Waals surface area contributed by atoms with E-state index in [-0.39, 0.29) is 5.54 Å². The molecule has 1 unspecified atom stereocenters. The number of aromatic nitrogens is 2. The third-order valence-electron chi connectivity index (χ3n) is 3.61. The lowest BCUT2D eigenvalue weighted by molar-refractivity contribution is 0.316. The van der Waals surface area contributed by atoms with Crippen molar-refractivity contribution < 1.29 is 0 Å². The summed E-state index contributed by atoms with van der Waals surface area (Å²) in [5.41, 5.74) is 7.78. The van der Waals surface area contributed by atoms with Crippen molar-refractivity contribution in [3.63, 3.8) is 0 Å². The van der Waals surface area contributed by atoms with Gasteiger partial charge in [0.15, 0.2) is 0 Å². The molecule has 13 heavy (non-hydrogen) atoms. The summed E-state index contributed by atoms with van der Waals surface area (Å²) in [6.45, 7) is 1.11. The molecule has 0 bridgehead atoms. The molecule has 0 radical (unpaired) electrons. The Hall–Kier alpha value is -0.830. The van der Waals surface area contributed by atoms with E-state index >= 15 is 0 Å². The molecule has 2 aliphatic rings. The molecule has 1 atom stereocenters. The topological polar surface area (TPSA) is 43.8 Å². The highest BCUT2D eigenvalue weighted by Gasteiger charge is 2.46. The average Bonchev–Trinajstić information content (AvgIpc) is 2.74. The Morgan fingerprint density at radius 1 is 1.54 bits per heavy atom. The van der Waals surface area contributed by atoms with Crippen molar-refractivity contribution in [2.75, 3.05) is 0 Å². The van der Waals surface area contributed by atoms with Crippen molar-refractivity contribution in [1.82, 2.24) is 9.55 Å². The molecule has 3 nitrogen and oxygen atoms in total. The van der Waals surface area contributed by atoms with Crippen LogP contribution in [0, 0.1) is 5.92 Å². The molecule has 1 aliphatic heterocycles. The smallest absolute Gasteiger partial charge is 0.0948 e. The normalized spacial score (nSPS) is 29.8. The van der Waals surface area contributed by atoms with Gasteiger partial charge in [0.25, 0.3) is 0 Å². The second-order valence-corrected chi connectivity index (χ2v) is 4.50. The maximum atomic E-state index is 6.22. The molecule has 3 heteroatoms. The predicted octanol–water partition coefficient (Wildman–Crippen LogP) is 0.937. The van der Waals surface area contributed by atoms with E-state index in [0.717, 1.165) is 13.0 Å². The molecule has 2 N–H and O–H groups in total. The highest BCUT2D eigenvalue weighted by molar-refractivity contribution is 5.12. The summed E-state index contributed by atoms with van der Waals surface area (Å²) >= 11 is 0. The van der Waals surface area contributed by atoms with Crippen LogP contribution in [-0.2, 0) is 13.0 Å². The number of imidazole rings is 1. The molecular formula is C10H15N3. The van der Waals surface area contributed by atoms with E-state index in [0.29, 0.717) is 5.92 Å². The minimum atomic E-state index is 0.190. The number of fused-ring (bicyclic) bond motifs is 1. The first-order valence-corrected chi connectivity index (χ1v) is 5.06. The summed E-state index contributed by atoms with van der Waals surface area (Å²) in [6, 6.07) is 0. The van der Waals surface area contributed by atoms with E-state index in [1.54, 1.807) is 0 Å². The third-order valence-corrected chi connectivity index (χ3v) is 3.61. The van der Waals surface area contributed by atoms with Gasteiger partial charge in [-0.3, -0.25) is 0 Å². The van der Waals surface area contributed by atoms with Gasteiger partial charge < -0.3 is 10.3 Å². The Kier molecular flexibility index (Phi) is 1.37. The van der Waals surface area contributed by atoms with E-state index in [1.165, 1.54) is 25.0 Å². The van der Waals surface area contributed by atoms with Crippen LogP contribution in [0.15, 0.2) is 12.5 Å². The fourth-order valence-corrected chi connectivity index (χ4v) is 2.41. The molecule has 0 aromatic carbocycles. The Bertz CT molecular complexity index is 325. The highest BCUT2D eigenvalue weighted by Crippen LogP contribution is 2.44. The zero-order chi connectivity index (χ0) is 8.89. The Morgan fingerprint density at radius 2 is 2.38 bits per heavy atom. The average molecular weight is 177 g/mol. The minimum absolute atomic E-state index is 0.190.